The van der Waals surface area contributed by atoms with Gasteiger partial charge in [-0.3, -0.25) is 14.7 Å². The predicted octanol–water partition coefficient (Wildman–Crippen LogP) is 0.940. The van der Waals surface area contributed by atoms with Gasteiger partial charge in [0.2, 0.25) is 5.91 Å². The van der Waals surface area contributed by atoms with Crippen LogP contribution in [0.3, 0.4) is 0 Å². The van der Waals surface area contributed by atoms with Gasteiger partial charge >= 0.3 is 0 Å². The Morgan fingerprint density at radius 2 is 2.10 bits per heavy atom. The van der Waals surface area contributed by atoms with E-state index in [0.717, 1.165) is 18.5 Å². The summed E-state index contributed by atoms with van der Waals surface area (Å²) >= 11 is 0. The first-order valence-electron chi connectivity index (χ1n) is 6.86. The number of fused-ring (bicyclic) bond motifs is 1. The molecule has 0 aromatic carbocycles. The van der Waals surface area contributed by atoms with Gasteiger partial charge in [0.1, 0.15) is 11.3 Å². The lowest BCUT2D eigenvalue weighted by Crippen LogP contribution is -2.23. The van der Waals surface area contributed by atoms with E-state index in [2.05, 4.69) is 25.5 Å². The van der Waals surface area contributed by atoms with Crippen LogP contribution in [-0.4, -0.2) is 26.1 Å². The van der Waals surface area contributed by atoms with Crippen molar-refractivity contribution in [1.29, 1.82) is 0 Å². The van der Waals surface area contributed by atoms with Crippen molar-refractivity contribution >= 4 is 16.9 Å². The molecule has 0 atom stereocenters. The number of carbonyl (C=O) groups is 1. The van der Waals surface area contributed by atoms with E-state index in [1.165, 1.54) is 19.8 Å². The van der Waals surface area contributed by atoms with E-state index in [9.17, 15) is 9.59 Å². The highest BCUT2D eigenvalue weighted by molar-refractivity contribution is 5.76. The highest BCUT2D eigenvalue weighted by Gasteiger charge is 2.23. The van der Waals surface area contributed by atoms with Crippen LogP contribution in [0.2, 0.25) is 0 Å². The third-order valence-corrected chi connectivity index (χ3v) is 3.76. The van der Waals surface area contributed by atoms with Crippen molar-refractivity contribution in [3.63, 3.8) is 0 Å². The van der Waals surface area contributed by atoms with Crippen LogP contribution in [0.1, 0.15) is 50.0 Å². The normalized spacial score (nSPS) is 15.8. The fourth-order valence-electron chi connectivity index (χ4n) is 2.77. The van der Waals surface area contributed by atoms with Crippen molar-refractivity contribution in [3.05, 3.63) is 21.9 Å². The van der Waals surface area contributed by atoms with Crippen LogP contribution < -0.4 is 10.9 Å². The summed E-state index contributed by atoms with van der Waals surface area (Å²) in [6.07, 6.45) is 4.61. The Labute approximate surface area is 115 Å². The molecule has 7 heteroatoms. The quantitative estimate of drug-likeness (QED) is 0.775. The zero-order valence-electron chi connectivity index (χ0n) is 11.3. The molecular weight excluding hydrogens is 258 g/mol. The minimum absolute atomic E-state index is 0.157. The maximum absolute atomic E-state index is 12.0. The largest absolute Gasteiger partial charge is 0.349 e. The summed E-state index contributed by atoms with van der Waals surface area (Å²) in [6, 6.07) is 0. The lowest BCUT2D eigenvalue weighted by molar-refractivity contribution is -0.119. The molecule has 20 heavy (non-hydrogen) atoms. The van der Waals surface area contributed by atoms with Gasteiger partial charge < -0.3 is 10.3 Å². The number of rotatable bonds is 3. The molecule has 1 fully saturated rings. The van der Waals surface area contributed by atoms with Crippen molar-refractivity contribution in [2.45, 2.75) is 45.1 Å². The first-order valence-corrected chi connectivity index (χ1v) is 6.86. The maximum atomic E-state index is 12.0. The average Bonchev–Trinajstić information content (AvgIpc) is 3.04. The van der Waals surface area contributed by atoms with Gasteiger partial charge in [0.25, 0.3) is 5.56 Å². The van der Waals surface area contributed by atoms with Crippen LogP contribution >= 0.6 is 0 Å². The van der Waals surface area contributed by atoms with Crippen molar-refractivity contribution < 1.29 is 4.79 Å². The minimum Gasteiger partial charge on any atom is -0.349 e. The average molecular weight is 275 g/mol. The first-order chi connectivity index (χ1) is 9.65. The molecular formula is C13H17N5O2. The summed E-state index contributed by atoms with van der Waals surface area (Å²) in [6.45, 7) is 1.65. The van der Waals surface area contributed by atoms with Crippen LogP contribution in [0, 0.1) is 0 Å². The Hall–Kier alpha value is -2.18. The number of aromatic nitrogens is 4. The van der Waals surface area contributed by atoms with Gasteiger partial charge in [0, 0.05) is 12.8 Å². The molecule has 7 nitrogen and oxygen atoms in total. The second-order valence-electron chi connectivity index (χ2n) is 5.24. The number of nitrogens with zero attached hydrogens (tertiary/aromatic N) is 2. The molecule has 0 radical (unpaired) electrons. The summed E-state index contributed by atoms with van der Waals surface area (Å²) in [7, 11) is 0. The Bertz CT molecular complexity index is 696. The van der Waals surface area contributed by atoms with Crippen molar-refractivity contribution in [2.75, 3.05) is 0 Å². The summed E-state index contributed by atoms with van der Waals surface area (Å²) < 4.78 is 0. The fraction of sp³-hybridized carbons (Fsp3) is 0.538. The Balaban J connectivity index is 2.01. The molecule has 106 valence electrons. The number of aromatic amines is 2. The highest BCUT2D eigenvalue weighted by atomic mass is 16.1. The Morgan fingerprint density at radius 3 is 2.80 bits per heavy atom. The van der Waals surface area contributed by atoms with Crippen LogP contribution in [-0.2, 0) is 11.3 Å². The number of nitrogens with one attached hydrogen (secondary N) is 3. The number of hydrogen-bond donors (Lipinski definition) is 3. The van der Waals surface area contributed by atoms with Gasteiger partial charge in [-0.05, 0) is 12.8 Å². The lowest BCUT2D eigenvalue weighted by Gasteiger charge is -2.06. The van der Waals surface area contributed by atoms with Crippen molar-refractivity contribution in [3.8, 4) is 0 Å². The molecule has 0 unspecified atom stereocenters. The van der Waals surface area contributed by atoms with Crippen LogP contribution in [0.15, 0.2) is 4.79 Å². The second kappa shape index (κ2) is 5.07. The zero-order valence-corrected chi connectivity index (χ0v) is 11.3. The van der Waals surface area contributed by atoms with Crippen LogP contribution in [0.5, 0.6) is 0 Å². The van der Waals surface area contributed by atoms with Crippen LogP contribution in [0.25, 0.3) is 11.0 Å². The molecule has 3 rings (SSSR count). The zero-order chi connectivity index (χ0) is 14.1. The Morgan fingerprint density at radius 1 is 1.35 bits per heavy atom. The molecule has 2 aromatic heterocycles. The summed E-state index contributed by atoms with van der Waals surface area (Å²) in [5.41, 5.74) is 1.67. The minimum atomic E-state index is -0.268. The van der Waals surface area contributed by atoms with Crippen LogP contribution in [0.4, 0.5) is 0 Å². The molecule has 0 aliphatic heterocycles. The molecule has 2 heterocycles. The van der Waals surface area contributed by atoms with E-state index in [-0.39, 0.29) is 18.0 Å². The third kappa shape index (κ3) is 2.31. The standard InChI is InChI=1S/C13H17N5O2/c1-7(19)14-6-9-15-11-10(8-4-2-3-5-8)17-18-12(11)13(20)16-9/h8H,2-6H2,1H3,(H,14,19)(H,17,18)(H,15,16,20). The molecule has 0 saturated heterocycles. The Kier molecular flexibility index (Phi) is 3.25. The lowest BCUT2D eigenvalue weighted by atomic mass is 10.0. The number of carbonyl (C=O) groups excluding carboxylic acids is 1. The van der Waals surface area contributed by atoms with Gasteiger partial charge in [-0.15, -0.1) is 0 Å². The first kappa shape index (κ1) is 12.8. The van der Waals surface area contributed by atoms with Gasteiger partial charge in [-0.25, -0.2) is 4.98 Å². The molecule has 1 aliphatic carbocycles. The van der Waals surface area contributed by atoms with Crippen molar-refractivity contribution in [1.82, 2.24) is 25.5 Å². The van der Waals surface area contributed by atoms with E-state index in [0.29, 0.717) is 22.8 Å². The van der Waals surface area contributed by atoms with E-state index in [4.69, 9.17) is 0 Å². The van der Waals surface area contributed by atoms with E-state index >= 15 is 0 Å². The van der Waals surface area contributed by atoms with E-state index in [1.807, 2.05) is 0 Å². The molecule has 0 spiro atoms. The smallest absolute Gasteiger partial charge is 0.279 e. The molecule has 1 saturated carbocycles. The highest BCUT2D eigenvalue weighted by Crippen LogP contribution is 2.35. The summed E-state index contributed by atoms with van der Waals surface area (Å²) in [4.78, 5) is 30.0. The summed E-state index contributed by atoms with van der Waals surface area (Å²) in [5.74, 6) is 0.706. The van der Waals surface area contributed by atoms with Gasteiger partial charge in [0.15, 0.2) is 5.52 Å². The fourth-order valence-corrected chi connectivity index (χ4v) is 2.77. The maximum Gasteiger partial charge on any atom is 0.279 e. The number of H-pyrrole nitrogens is 2. The predicted molar refractivity (Wildman–Crippen MR) is 73.2 cm³/mol. The van der Waals surface area contributed by atoms with Crippen molar-refractivity contribution in [2.24, 2.45) is 0 Å². The summed E-state index contributed by atoms with van der Waals surface area (Å²) in [5, 5.41) is 9.68. The SMILES string of the molecule is CC(=O)NCc1nc2c(C3CCCC3)[nH]nc2c(=O)[nH]1. The molecule has 3 N–H and O–H groups in total. The van der Waals surface area contributed by atoms with Gasteiger partial charge in [-0.1, -0.05) is 12.8 Å². The third-order valence-electron chi connectivity index (χ3n) is 3.76. The molecule has 0 bridgehead atoms. The monoisotopic (exact) mass is 275 g/mol. The second-order valence-corrected chi connectivity index (χ2v) is 5.24. The van der Waals surface area contributed by atoms with Gasteiger partial charge in [0.05, 0.1) is 12.2 Å². The number of amides is 1. The number of hydrogen-bond acceptors (Lipinski definition) is 4. The van der Waals surface area contributed by atoms with E-state index in [1.54, 1.807) is 0 Å². The molecule has 1 aliphatic rings. The molecule has 2 aromatic rings. The van der Waals surface area contributed by atoms with E-state index < -0.39 is 0 Å². The molecule has 1 amide bonds. The topological polar surface area (TPSA) is 104 Å². The van der Waals surface area contributed by atoms with Gasteiger partial charge in [-0.2, -0.15) is 5.10 Å².